The Balaban J connectivity index is 1.66. The predicted octanol–water partition coefficient (Wildman–Crippen LogP) is 3.86. The Bertz CT molecular complexity index is 1200. The van der Waals surface area contributed by atoms with E-state index < -0.39 is 29.9 Å². The van der Waals surface area contributed by atoms with E-state index in [0.717, 1.165) is 9.80 Å². The number of methoxy groups -OCH3 is 2. The third-order valence-electron chi connectivity index (χ3n) is 5.81. The number of anilines is 1. The molecule has 0 atom stereocenters. The number of hydrogen-bond acceptors (Lipinski definition) is 6. The second-order valence-corrected chi connectivity index (χ2v) is 8.69. The number of imide groups is 1. The maximum atomic E-state index is 13.8. The molecule has 0 radical (unpaired) electrons. The van der Waals surface area contributed by atoms with Crippen LogP contribution in [-0.2, 0) is 15.1 Å². The van der Waals surface area contributed by atoms with Gasteiger partial charge in [0, 0.05) is 10.6 Å². The minimum Gasteiger partial charge on any atom is -0.497 e. The van der Waals surface area contributed by atoms with E-state index in [2.05, 4.69) is 10.6 Å². The van der Waals surface area contributed by atoms with Crippen molar-refractivity contribution in [2.45, 2.75) is 10.4 Å². The molecule has 3 aromatic carbocycles. The molecular weight excluding hydrogens is 466 g/mol. The predicted molar refractivity (Wildman–Crippen MR) is 134 cm³/mol. The maximum absolute atomic E-state index is 13.8. The summed E-state index contributed by atoms with van der Waals surface area (Å²) >= 11 is 1.55. The molecule has 4 amide bonds. The fourth-order valence-electron chi connectivity index (χ4n) is 4.00. The van der Waals surface area contributed by atoms with Crippen molar-refractivity contribution in [2.24, 2.45) is 0 Å². The van der Waals surface area contributed by atoms with Crippen molar-refractivity contribution in [2.75, 3.05) is 32.3 Å². The van der Waals surface area contributed by atoms with Crippen molar-refractivity contribution in [3.8, 4) is 11.5 Å². The first-order chi connectivity index (χ1) is 16.9. The van der Waals surface area contributed by atoms with Crippen molar-refractivity contribution >= 4 is 35.3 Å². The Morgan fingerprint density at radius 2 is 1.51 bits per heavy atom. The fourth-order valence-corrected chi connectivity index (χ4v) is 4.46. The van der Waals surface area contributed by atoms with Crippen molar-refractivity contribution in [1.29, 1.82) is 0 Å². The van der Waals surface area contributed by atoms with E-state index in [1.807, 2.05) is 24.5 Å². The lowest BCUT2D eigenvalue weighted by molar-refractivity contribution is -0.133. The van der Waals surface area contributed by atoms with Crippen LogP contribution in [0, 0.1) is 0 Å². The zero-order valence-corrected chi connectivity index (χ0v) is 20.3. The molecule has 8 nitrogen and oxygen atoms in total. The Morgan fingerprint density at radius 3 is 2.03 bits per heavy atom. The molecule has 35 heavy (non-hydrogen) atoms. The Hall–Kier alpha value is -3.98. The summed E-state index contributed by atoms with van der Waals surface area (Å²) in [6.07, 6.45) is 1.94. The van der Waals surface area contributed by atoms with E-state index in [-0.39, 0.29) is 0 Å². The molecule has 4 rings (SSSR count). The number of nitrogens with zero attached hydrogens (tertiary/aromatic N) is 1. The molecule has 1 fully saturated rings. The van der Waals surface area contributed by atoms with Gasteiger partial charge in [-0.3, -0.25) is 14.5 Å². The summed E-state index contributed by atoms with van der Waals surface area (Å²) in [7, 11) is 3.10. The van der Waals surface area contributed by atoms with Crippen molar-refractivity contribution < 1.29 is 23.9 Å². The maximum Gasteiger partial charge on any atom is 0.326 e. The van der Waals surface area contributed by atoms with Crippen molar-refractivity contribution in [1.82, 2.24) is 10.2 Å². The van der Waals surface area contributed by atoms with Gasteiger partial charge < -0.3 is 20.1 Å². The lowest BCUT2D eigenvalue weighted by atomic mass is 9.82. The van der Waals surface area contributed by atoms with E-state index >= 15 is 0 Å². The zero-order valence-electron chi connectivity index (χ0n) is 19.5. The third-order valence-corrected chi connectivity index (χ3v) is 6.53. The highest BCUT2D eigenvalue weighted by Crippen LogP contribution is 2.37. The summed E-state index contributed by atoms with van der Waals surface area (Å²) in [6.45, 7) is -0.428. The Morgan fingerprint density at radius 1 is 0.943 bits per heavy atom. The molecule has 0 unspecified atom stereocenters. The third kappa shape index (κ3) is 4.67. The molecule has 0 bridgehead atoms. The number of rotatable bonds is 8. The van der Waals surface area contributed by atoms with Crippen LogP contribution >= 0.6 is 11.8 Å². The monoisotopic (exact) mass is 491 g/mol. The molecule has 0 saturated carbocycles. The highest BCUT2D eigenvalue weighted by atomic mass is 32.2. The van der Waals surface area contributed by atoms with Gasteiger partial charge in [0.2, 0.25) is 5.91 Å². The Labute approximate surface area is 207 Å². The van der Waals surface area contributed by atoms with Gasteiger partial charge in [0.1, 0.15) is 18.0 Å². The molecule has 3 aromatic rings. The van der Waals surface area contributed by atoms with Gasteiger partial charge in [-0.2, -0.15) is 0 Å². The van der Waals surface area contributed by atoms with Gasteiger partial charge in [-0.1, -0.05) is 30.3 Å². The van der Waals surface area contributed by atoms with Gasteiger partial charge >= 0.3 is 6.03 Å². The van der Waals surface area contributed by atoms with Crippen LogP contribution in [0.1, 0.15) is 11.1 Å². The van der Waals surface area contributed by atoms with E-state index in [1.54, 1.807) is 80.6 Å². The summed E-state index contributed by atoms with van der Waals surface area (Å²) in [5, 5.41) is 5.60. The standard InChI is InChI=1S/C26H25N3O5S/c1-33-20-11-7-17(8-12-20)26(18-9-13-21(34-2)14-10-18)24(31)29(25(32)28-26)16-23(30)27-19-5-4-6-22(15-19)35-3/h4-15H,16H2,1-3H3,(H,27,30)(H,28,32). The van der Waals surface area contributed by atoms with Crippen molar-refractivity contribution in [3.05, 3.63) is 83.9 Å². The summed E-state index contributed by atoms with van der Waals surface area (Å²) in [5.74, 6) is 0.191. The van der Waals surface area contributed by atoms with Crippen molar-refractivity contribution in [3.63, 3.8) is 0 Å². The molecule has 180 valence electrons. The van der Waals surface area contributed by atoms with E-state index in [4.69, 9.17) is 9.47 Å². The molecule has 9 heteroatoms. The molecule has 1 aliphatic heterocycles. The van der Waals surface area contributed by atoms with Gasteiger partial charge in [0.25, 0.3) is 5.91 Å². The minimum atomic E-state index is -1.51. The number of urea groups is 1. The molecule has 0 aliphatic carbocycles. The molecule has 1 saturated heterocycles. The lowest BCUT2D eigenvalue weighted by Gasteiger charge is -2.28. The van der Waals surface area contributed by atoms with Gasteiger partial charge in [0.05, 0.1) is 14.2 Å². The van der Waals surface area contributed by atoms with Gasteiger partial charge in [-0.05, 0) is 59.8 Å². The summed E-state index contributed by atoms with van der Waals surface area (Å²) in [5.41, 5.74) is 0.162. The lowest BCUT2D eigenvalue weighted by Crippen LogP contribution is -2.45. The highest BCUT2D eigenvalue weighted by Gasteiger charge is 2.54. The van der Waals surface area contributed by atoms with Gasteiger partial charge in [0.15, 0.2) is 5.54 Å². The molecule has 1 aliphatic rings. The van der Waals surface area contributed by atoms with Crippen LogP contribution < -0.4 is 20.1 Å². The first-order valence-electron chi connectivity index (χ1n) is 10.8. The average Bonchev–Trinajstić information content (AvgIpc) is 3.14. The van der Waals surface area contributed by atoms with Crippen LogP contribution in [0.15, 0.2) is 77.7 Å². The van der Waals surface area contributed by atoms with Crippen LogP contribution in [0.3, 0.4) is 0 Å². The first kappa shape index (κ1) is 24.2. The van der Waals surface area contributed by atoms with Crippen LogP contribution in [0.4, 0.5) is 10.5 Å². The number of thioether (sulfide) groups is 1. The molecule has 0 spiro atoms. The van der Waals surface area contributed by atoms with E-state index in [1.165, 1.54) is 0 Å². The topological polar surface area (TPSA) is 97.0 Å². The van der Waals surface area contributed by atoms with Gasteiger partial charge in [-0.15, -0.1) is 11.8 Å². The quantitative estimate of drug-likeness (QED) is 0.367. The second-order valence-electron chi connectivity index (χ2n) is 7.81. The van der Waals surface area contributed by atoms with Gasteiger partial charge in [-0.25, -0.2) is 4.79 Å². The molecule has 0 aromatic heterocycles. The SMILES string of the molecule is COc1ccc(C2(c3ccc(OC)cc3)NC(=O)N(CC(=O)Nc3cccc(SC)c3)C2=O)cc1. The summed E-state index contributed by atoms with van der Waals surface area (Å²) in [6, 6.07) is 20.4. The molecule has 1 heterocycles. The van der Waals surface area contributed by atoms with Crippen LogP contribution in [0.5, 0.6) is 11.5 Å². The molecule has 2 N–H and O–H groups in total. The first-order valence-corrected chi connectivity index (χ1v) is 12.0. The van der Waals surface area contributed by atoms with E-state index in [9.17, 15) is 14.4 Å². The summed E-state index contributed by atoms with van der Waals surface area (Å²) in [4.78, 5) is 41.6. The Kier molecular flexibility index (Phi) is 6.97. The normalized spacial score (nSPS) is 14.4. The largest absolute Gasteiger partial charge is 0.497 e. The summed E-state index contributed by atoms with van der Waals surface area (Å²) < 4.78 is 10.5. The second kappa shape index (κ2) is 10.1. The number of benzene rings is 3. The number of nitrogens with one attached hydrogen (secondary N) is 2. The van der Waals surface area contributed by atoms with Crippen LogP contribution in [-0.4, -0.2) is 49.8 Å². The number of hydrogen-bond donors (Lipinski definition) is 2. The highest BCUT2D eigenvalue weighted by molar-refractivity contribution is 7.98. The van der Waals surface area contributed by atoms with E-state index in [0.29, 0.717) is 28.3 Å². The fraction of sp³-hybridized carbons (Fsp3) is 0.192. The molecular formula is C26H25N3O5S. The zero-order chi connectivity index (χ0) is 25.0. The van der Waals surface area contributed by atoms with Crippen LogP contribution in [0.2, 0.25) is 0 Å². The number of carbonyl (C=O) groups excluding carboxylic acids is 3. The number of amides is 4. The average molecular weight is 492 g/mol. The minimum absolute atomic E-state index is 0.428. The number of carbonyl (C=O) groups is 3. The number of ether oxygens (including phenoxy) is 2. The smallest absolute Gasteiger partial charge is 0.326 e. The van der Waals surface area contributed by atoms with Crippen LogP contribution in [0.25, 0.3) is 0 Å².